The molecule has 0 rings (SSSR count). The van der Waals surface area contributed by atoms with Crippen molar-refractivity contribution in [2.45, 2.75) is 200 Å². The van der Waals surface area contributed by atoms with Gasteiger partial charge in [0.15, 0.2) is 6.54 Å². The molecule has 0 aromatic rings. The number of carbonyl (C=O) groups is 1. The number of ether oxygens (including phenoxy) is 1. The molecule has 0 radical (unpaired) electrons. The minimum absolute atomic E-state index is 0. The second-order valence-electron chi connectivity index (χ2n) is 14.3. The van der Waals surface area contributed by atoms with Gasteiger partial charge < -0.3 is 26.9 Å². The zero-order chi connectivity index (χ0) is 31.5. The number of hydrogen-bond acceptors (Lipinski definition) is 3. The second kappa shape index (κ2) is 37.1. The maximum Gasteiger partial charge on any atom is 0.361 e. The molecular formula is C39H81ClN2O2. The van der Waals surface area contributed by atoms with Gasteiger partial charge >= 0.3 is 5.97 Å². The van der Waals surface area contributed by atoms with Gasteiger partial charge in [0.05, 0.1) is 27.2 Å². The van der Waals surface area contributed by atoms with Crippen molar-refractivity contribution in [1.29, 1.82) is 0 Å². The highest BCUT2D eigenvalue weighted by atomic mass is 35.5. The molecule has 0 spiro atoms. The van der Waals surface area contributed by atoms with Crippen molar-refractivity contribution in [2.24, 2.45) is 0 Å². The fraction of sp³-hybridized carbons (Fsp3) is 0.974. The van der Waals surface area contributed by atoms with E-state index in [1.165, 1.54) is 173 Å². The molecule has 0 aliphatic rings. The SMILES string of the molecule is CCCCCCCCCCCCCCCCCCNCCC[N+](C)(C)CC(=O)OCCCCCCCCCCCCCC.[Cl-]. The first-order valence-corrected chi connectivity index (χ1v) is 19.7. The van der Waals surface area contributed by atoms with E-state index in [1.54, 1.807) is 0 Å². The van der Waals surface area contributed by atoms with Gasteiger partial charge in [-0.3, -0.25) is 0 Å². The van der Waals surface area contributed by atoms with Crippen molar-refractivity contribution in [2.75, 3.05) is 46.9 Å². The number of hydrogen-bond donors (Lipinski definition) is 1. The topological polar surface area (TPSA) is 38.3 Å². The molecule has 0 aliphatic carbocycles. The summed E-state index contributed by atoms with van der Waals surface area (Å²) in [5, 5.41) is 3.61. The van der Waals surface area contributed by atoms with Crippen LogP contribution >= 0.6 is 0 Å². The average Bonchev–Trinajstić information content (AvgIpc) is 2.98. The summed E-state index contributed by atoms with van der Waals surface area (Å²) in [4.78, 5) is 12.3. The predicted molar refractivity (Wildman–Crippen MR) is 191 cm³/mol. The number of halogens is 1. The number of rotatable bonds is 36. The van der Waals surface area contributed by atoms with Gasteiger partial charge in [0.2, 0.25) is 0 Å². The van der Waals surface area contributed by atoms with Gasteiger partial charge in [-0.05, 0) is 19.4 Å². The molecule has 44 heavy (non-hydrogen) atoms. The smallest absolute Gasteiger partial charge is 0.361 e. The summed E-state index contributed by atoms with van der Waals surface area (Å²) in [5.41, 5.74) is 0. The molecule has 0 unspecified atom stereocenters. The Balaban J connectivity index is 0. The highest BCUT2D eigenvalue weighted by Crippen LogP contribution is 2.14. The molecule has 266 valence electrons. The summed E-state index contributed by atoms with van der Waals surface area (Å²) in [5.74, 6) is -0.0331. The number of carbonyl (C=O) groups excluding carboxylic acids is 1. The van der Waals surface area contributed by atoms with E-state index in [-0.39, 0.29) is 18.4 Å². The molecular weight excluding hydrogens is 564 g/mol. The summed E-state index contributed by atoms with van der Waals surface area (Å²) in [6, 6.07) is 0. The highest BCUT2D eigenvalue weighted by Gasteiger charge is 2.20. The van der Waals surface area contributed by atoms with Crippen LogP contribution < -0.4 is 17.7 Å². The maximum atomic E-state index is 12.3. The Bertz CT molecular complexity index is 558. The molecule has 4 nitrogen and oxygen atoms in total. The van der Waals surface area contributed by atoms with Crippen molar-refractivity contribution in [3.05, 3.63) is 0 Å². The van der Waals surface area contributed by atoms with Crippen LogP contribution in [-0.4, -0.2) is 57.3 Å². The zero-order valence-corrected chi connectivity index (χ0v) is 31.4. The van der Waals surface area contributed by atoms with E-state index in [2.05, 4.69) is 33.3 Å². The fourth-order valence-corrected chi connectivity index (χ4v) is 6.16. The highest BCUT2D eigenvalue weighted by molar-refractivity contribution is 5.70. The first-order chi connectivity index (χ1) is 21.0. The largest absolute Gasteiger partial charge is 1.00 e. The minimum atomic E-state index is -0.0331. The third-order valence-electron chi connectivity index (χ3n) is 9.14. The molecule has 0 atom stereocenters. The van der Waals surface area contributed by atoms with Crippen LogP contribution in [0.4, 0.5) is 0 Å². The average molecular weight is 646 g/mol. The molecule has 0 heterocycles. The van der Waals surface area contributed by atoms with Crippen LogP contribution in [-0.2, 0) is 9.53 Å². The Morgan fingerprint density at radius 3 is 1.18 bits per heavy atom. The Hall–Kier alpha value is -0.320. The number of quaternary nitrogens is 1. The van der Waals surface area contributed by atoms with E-state index >= 15 is 0 Å². The van der Waals surface area contributed by atoms with E-state index in [0.717, 1.165) is 37.0 Å². The summed E-state index contributed by atoms with van der Waals surface area (Å²) in [6.07, 6.45) is 39.8. The molecule has 0 saturated carbocycles. The molecule has 0 saturated heterocycles. The van der Waals surface area contributed by atoms with E-state index in [1.807, 2.05) is 0 Å². The number of unbranched alkanes of at least 4 members (excludes halogenated alkanes) is 26. The molecule has 0 aromatic carbocycles. The lowest BCUT2D eigenvalue weighted by molar-refractivity contribution is -0.883. The Kier molecular flexibility index (Phi) is 38.7. The normalized spacial score (nSPS) is 11.5. The Labute approximate surface area is 284 Å². The Morgan fingerprint density at radius 1 is 0.477 bits per heavy atom. The molecule has 5 heteroatoms. The van der Waals surface area contributed by atoms with Crippen LogP contribution in [0.1, 0.15) is 200 Å². The van der Waals surface area contributed by atoms with Crippen molar-refractivity contribution in [3.8, 4) is 0 Å². The van der Waals surface area contributed by atoms with Crippen LogP contribution in [0.3, 0.4) is 0 Å². The minimum Gasteiger partial charge on any atom is -1.00 e. The summed E-state index contributed by atoms with van der Waals surface area (Å²) >= 11 is 0. The Morgan fingerprint density at radius 2 is 0.795 bits per heavy atom. The number of nitrogens with one attached hydrogen (secondary N) is 1. The summed E-state index contributed by atoms with van der Waals surface area (Å²) in [6.45, 7) is 8.85. The van der Waals surface area contributed by atoms with Gasteiger partial charge in [0.1, 0.15) is 0 Å². The van der Waals surface area contributed by atoms with Crippen LogP contribution in [0.2, 0.25) is 0 Å². The lowest BCUT2D eigenvalue weighted by Gasteiger charge is -2.28. The molecule has 0 aliphatic heterocycles. The maximum absolute atomic E-state index is 12.3. The third kappa shape index (κ3) is 37.9. The molecule has 0 bridgehead atoms. The number of esters is 1. The molecule has 0 amide bonds. The molecule has 0 aromatic heterocycles. The lowest BCUT2D eigenvalue weighted by atomic mass is 10.0. The molecule has 1 N–H and O–H groups in total. The lowest BCUT2D eigenvalue weighted by Crippen LogP contribution is -3.00. The standard InChI is InChI=1S/C39H81N2O2.ClH/c1-5-7-9-11-13-15-17-19-20-21-22-23-25-27-29-31-34-40-35-33-36-41(3,4)38-39(42)43-37-32-30-28-26-24-18-16-14-12-10-8-6-2;/h40H,5-38H2,1-4H3;1H/q+1;/p-1. The van der Waals surface area contributed by atoms with Crippen LogP contribution in [0, 0.1) is 0 Å². The van der Waals surface area contributed by atoms with Crippen LogP contribution in [0.25, 0.3) is 0 Å². The van der Waals surface area contributed by atoms with Crippen molar-refractivity contribution >= 4 is 5.97 Å². The van der Waals surface area contributed by atoms with E-state index < -0.39 is 0 Å². The number of nitrogens with zero attached hydrogens (tertiary/aromatic N) is 1. The first-order valence-electron chi connectivity index (χ1n) is 19.7. The zero-order valence-electron chi connectivity index (χ0n) is 30.7. The van der Waals surface area contributed by atoms with Gasteiger partial charge in [-0.1, -0.05) is 181 Å². The van der Waals surface area contributed by atoms with E-state index in [4.69, 9.17) is 4.74 Å². The summed E-state index contributed by atoms with van der Waals surface area (Å²) < 4.78 is 6.27. The van der Waals surface area contributed by atoms with Crippen LogP contribution in [0.15, 0.2) is 0 Å². The van der Waals surface area contributed by atoms with Crippen molar-refractivity contribution < 1.29 is 26.4 Å². The van der Waals surface area contributed by atoms with Gasteiger partial charge in [-0.25, -0.2) is 4.79 Å². The van der Waals surface area contributed by atoms with Crippen LogP contribution in [0.5, 0.6) is 0 Å². The van der Waals surface area contributed by atoms with Gasteiger partial charge in [0, 0.05) is 13.0 Å². The second-order valence-corrected chi connectivity index (χ2v) is 14.3. The summed E-state index contributed by atoms with van der Waals surface area (Å²) in [7, 11) is 4.31. The third-order valence-corrected chi connectivity index (χ3v) is 9.14. The monoisotopic (exact) mass is 645 g/mol. The number of likely N-dealkylation sites (N-methyl/N-ethyl adjacent to an activating group) is 1. The molecule has 0 fully saturated rings. The van der Waals surface area contributed by atoms with Gasteiger partial charge in [0.25, 0.3) is 0 Å². The fourth-order valence-electron chi connectivity index (χ4n) is 6.16. The van der Waals surface area contributed by atoms with Crippen molar-refractivity contribution in [3.63, 3.8) is 0 Å². The first kappa shape index (κ1) is 45.8. The van der Waals surface area contributed by atoms with Gasteiger partial charge in [-0.2, -0.15) is 0 Å². The van der Waals surface area contributed by atoms with Gasteiger partial charge in [-0.15, -0.1) is 0 Å². The van der Waals surface area contributed by atoms with E-state index in [9.17, 15) is 4.79 Å². The van der Waals surface area contributed by atoms with Crippen molar-refractivity contribution in [1.82, 2.24) is 5.32 Å². The predicted octanol–water partition coefficient (Wildman–Crippen LogP) is 8.55. The van der Waals surface area contributed by atoms with E-state index in [0.29, 0.717) is 13.2 Å². The quantitative estimate of drug-likeness (QED) is 0.0422.